The van der Waals surface area contributed by atoms with Crippen LogP contribution in [0.15, 0.2) is 33.1 Å². The molecule has 1 aliphatic rings. The lowest BCUT2D eigenvalue weighted by Crippen LogP contribution is -2.41. The number of nitrogens with zero attached hydrogens (tertiary/aromatic N) is 3. The molecular formula is C19H16Cl2N4O4. The second kappa shape index (κ2) is 6.89. The van der Waals surface area contributed by atoms with Crippen LogP contribution < -0.4 is 5.32 Å². The Kier molecular flexibility index (Phi) is 4.63. The maximum absolute atomic E-state index is 13.0. The van der Waals surface area contributed by atoms with Crippen LogP contribution in [0.3, 0.4) is 0 Å². The van der Waals surface area contributed by atoms with E-state index in [2.05, 4.69) is 15.5 Å². The van der Waals surface area contributed by atoms with Crippen molar-refractivity contribution in [1.82, 2.24) is 20.4 Å². The zero-order valence-electron chi connectivity index (χ0n) is 15.7. The van der Waals surface area contributed by atoms with E-state index in [0.29, 0.717) is 32.7 Å². The van der Waals surface area contributed by atoms with Gasteiger partial charge in [-0.15, -0.1) is 10.2 Å². The summed E-state index contributed by atoms with van der Waals surface area (Å²) in [5.41, 5.74) is -0.127. The number of halogens is 2. The Morgan fingerprint density at radius 2 is 1.90 bits per heavy atom. The lowest BCUT2D eigenvalue weighted by molar-refractivity contribution is -0.131. The highest BCUT2D eigenvalue weighted by Gasteiger charge is 2.51. The number of benzene rings is 1. The molecule has 3 amide bonds. The number of amides is 3. The molecule has 1 aliphatic heterocycles. The Morgan fingerprint density at radius 3 is 2.55 bits per heavy atom. The summed E-state index contributed by atoms with van der Waals surface area (Å²) in [5.74, 6) is 1.05. The molecule has 0 bridgehead atoms. The van der Waals surface area contributed by atoms with Crippen molar-refractivity contribution in [2.45, 2.75) is 32.9 Å². The van der Waals surface area contributed by atoms with Crippen molar-refractivity contribution in [2.75, 3.05) is 0 Å². The first-order valence-corrected chi connectivity index (χ1v) is 9.44. The number of nitrogens with one attached hydrogen (secondary N) is 1. The van der Waals surface area contributed by atoms with E-state index in [1.54, 1.807) is 45.0 Å². The average Bonchev–Trinajstić information content (AvgIpc) is 3.29. The van der Waals surface area contributed by atoms with Gasteiger partial charge in [-0.25, -0.2) is 4.79 Å². The summed E-state index contributed by atoms with van der Waals surface area (Å²) in [7, 11) is 0. The van der Waals surface area contributed by atoms with Crippen molar-refractivity contribution >= 4 is 35.1 Å². The lowest BCUT2D eigenvalue weighted by Gasteiger charge is -2.20. The maximum atomic E-state index is 13.0. The first kappa shape index (κ1) is 19.5. The molecule has 0 radical (unpaired) electrons. The zero-order valence-corrected chi connectivity index (χ0v) is 17.3. The van der Waals surface area contributed by atoms with E-state index >= 15 is 0 Å². The lowest BCUT2D eigenvalue weighted by atomic mass is 9.92. The van der Waals surface area contributed by atoms with Gasteiger partial charge in [-0.3, -0.25) is 9.69 Å². The van der Waals surface area contributed by atoms with E-state index in [0.717, 1.165) is 4.90 Å². The monoisotopic (exact) mass is 434 g/mol. The minimum absolute atomic E-state index is 0.0962. The molecule has 1 unspecified atom stereocenters. The topological polar surface area (TPSA) is 101 Å². The molecule has 0 spiro atoms. The summed E-state index contributed by atoms with van der Waals surface area (Å²) in [5, 5.41) is 11.4. The highest BCUT2D eigenvalue weighted by Crippen LogP contribution is 2.34. The largest absolute Gasteiger partial charge is 0.466 e. The SMILES string of the molecule is Cc1cc(C2(C)NC(=O)N(Cc3nnc(-c4ccc(Cl)cc4Cl)o3)C2=O)c(C)o1. The molecule has 29 heavy (non-hydrogen) atoms. The van der Waals surface area contributed by atoms with Gasteiger partial charge in [0.05, 0.1) is 10.6 Å². The van der Waals surface area contributed by atoms with Crippen LogP contribution in [0.25, 0.3) is 11.5 Å². The summed E-state index contributed by atoms with van der Waals surface area (Å²) in [6, 6.07) is 6.03. The fraction of sp³-hybridized carbons (Fsp3) is 0.263. The van der Waals surface area contributed by atoms with Crippen molar-refractivity contribution in [2.24, 2.45) is 0 Å². The van der Waals surface area contributed by atoms with Crippen LogP contribution in [0.4, 0.5) is 4.79 Å². The average molecular weight is 435 g/mol. The number of rotatable bonds is 4. The predicted molar refractivity (Wildman–Crippen MR) is 104 cm³/mol. The molecule has 10 heteroatoms. The van der Waals surface area contributed by atoms with Gasteiger partial charge in [-0.1, -0.05) is 23.2 Å². The molecule has 1 N–H and O–H groups in total. The third-order valence-electron chi connectivity index (χ3n) is 4.78. The molecule has 3 aromatic rings. The Bertz CT molecular complexity index is 1140. The van der Waals surface area contributed by atoms with Gasteiger partial charge in [-0.05, 0) is 45.0 Å². The van der Waals surface area contributed by atoms with Crippen molar-refractivity contribution in [3.63, 3.8) is 0 Å². The smallest absolute Gasteiger partial charge is 0.325 e. The number of aryl methyl sites for hydroxylation is 2. The molecule has 0 saturated carbocycles. The first-order chi connectivity index (χ1) is 13.7. The predicted octanol–water partition coefficient (Wildman–Crippen LogP) is 4.22. The molecular weight excluding hydrogens is 419 g/mol. The van der Waals surface area contributed by atoms with Crippen molar-refractivity contribution < 1.29 is 18.4 Å². The first-order valence-electron chi connectivity index (χ1n) is 8.68. The second-order valence-electron chi connectivity index (χ2n) is 6.90. The highest BCUT2D eigenvalue weighted by atomic mass is 35.5. The third kappa shape index (κ3) is 3.28. The van der Waals surface area contributed by atoms with E-state index in [1.807, 2.05) is 0 Å². The van der Waals surface area contributed by atoms with Gasteiger partial charge >= 0.3 is 6.03 Å². The second-order valence-corrected chi connectivity index (χ2v) is 7.74. The Balaban J connectivity index is 1.59. The molecule has 150 valence electrons. The van der Waals surface area contributed by atoms with Crippen LogP contribution in [0.2, 0.25) is 10.0 Å². The van der Waals surface area contributed by atoms with Crippen LogP contribution in [-0.4, -0.2) is 27.0 Å². The van der Waals surface area contributed by atoms with Crippen LogP contribution >= 0.6 is 23.2 Å². The Hall–Kier alpha value is -2.84. The van der Waals surface area contributed by atoms with Crippen LogP contribution in [0.5, 0.6) is 0 Å². The third-order valence-corrected chi connectivity index (χ3v) is 5.32. The summed E-state index contributed by atoms with van der Waals surface area (Å²) < 4.78 is 11.1. The minimum atomic E-state index is -1.23. The summed E-state index contributed by atoms with van der Waals surface area (Å²) in [6.07, 6.45) is 0. The van der Waals surface area contributed by atoms with Gasteiger partial charge in [0.15, 0.2) is 0 Å². The molecule has 4 rings (SSSR count). The van der Waals surface area contributed by atoms with Crippen molar-refractivity contribution in [3.05, 3.63) is 57.3 Å². The van der Waals surface area contributed by atoms with Crippen LogP contribution in [-0.2, 0) is 16.9 Å². The van der Waals surface area contributed by atoms with E-state index in [9.17, 15) is 9.59 Å². The van der Waals surface area contributed by atoms with Gasteiger partial charge in [0, 0.05) is 10.6 Å². The molecule has 1 fully saturated rings. The van der Waals surface area contributed by atoms with E-state index < -0.39 is 17.5 Å². The molecule has 8 nitrogen and oxygen atoms in total. The van der Waals surface area contributed by atoms with E-state index in [4.69, 9.17) is 32.0 Å². The normalized spacial score (nSPS) is 19.1. The Morgan fingerprint density at radius 1 is 1.14 bits per heavy atom. The fourth-order valence-electron chi connectivity index (χ4n) is 3.37. The number of hydrogen-bond donors (Lipinski definition) is 1. The molecule has 0 aliphatic carbocycles. The van der Waals surface area contributed by atoms with Gasteiger partial charge in [0.25, 0.3) is 5.91 Å². The summed E-state index contributed by atoms with van der Waals surface area (Å²) in [6.45, 7) is 4.99. The standard InChI is InChI=1S/C19H16Cl2N4O4/c1-9-6-13(10(2)28-9)19(3)17(26)25(18(27)22-19)8-15-23-24-16(29-15)12-5-4-11(20)7-14(12)21/h4-7H,8H2,1-3H3,(H,22,27). The number of imide groups is 1. The fourth-order valence-corrected chi connectivity index (χ4v) is 3.86. The number of carbonyl (C=O) groups is 2. The number of urea groups is 1. The highest BCUT2D eigenvalue weighted by molar-refractivity contribution is 6.36. The molecule has 2 aromatic heterocycles. The molecule has 1 saturated heterocycles. The van der Waals surface area contributed by atoms with Gasteiger partial charge in [-0.2, -0.15) is 0 Å². The number of carbonyl (C=O) groups excluding carboxylic acids is 2. The van der Waals surface area contributed by atoms with Gasteiger partial charge in [0.1, 0.15) is 23.6 Å². The zero-order chi connectivity index (χ0) is 20.9. The van der Waals surface area contributed by atoms with Gasteiger partial charge in [0.2, 0.25) is 11.8 Å². The number of hydrogen-bond acceptors (Lipinski definition) is 6. The van der Waals surface area contributed by atoms with Gasteiger partial charge < -0.3 is 14.2 Å². The molecule has 1 aromatic carbocycles. The molecule has 3 heterocycles. The van der Waals surface area contributed by atoms with Crippen LogP contribution in [0, 0.1) is 13.8 Å². The minimum Gasteiger partial charge on any atom is -0.466 e. The maximum Gasteiger partial charge on any atom is 0.325 e. The van der Waals surface area contributed by atoms with Crippen LogP contribution in [0.1, 0.15) is 29.9 Å². The van der Waals surface area contributed by atoms with E-state index in [1.165, 1.54) is 0 Å². The van der Waals surface area contributed by atoms with Crippen molar-refractivity contribution in [3.8, 4) is 11.5 Å². The number of aromatic nitrogens is 2. The summed E-state index contributed by atoms with van der Waals surface area (Å²) in [4.78, 5) is 26.6. The van der Waals surface area contributed by atoms with E-state index in [-0.39, 0.29) is 18.3 Å². The molecule has 1 atom stereocenters. The quantitative estimate of drug-likeness (QED) is 0.616. The number of furan rings is 1. The Labute approximate surface area is 175 Å². The summed E-state index contributed by atoms with van der Waals surface area (Å²) >= 11 is 12.1. The van der Waals surface area contributed by atoms with Crippen molar-refractivity contribution in [1.29, 1.82) is 0 Å².